The molecule has 2 N–H and O–H groups in total. The Bertz CT molecular complexity index is 594. The lowest BCUT2D eigenvalue weighted by atomic mass is 10.1. The first kappa shape index (κ1) is 14.3. The molecule has 0 heterocycles. The first-order valence-corrected chi connectivity index (χ1v) is 4.53. The number of aromatic hydroxyl groups is 1. The van der Waals surface area contributed by atoms with E-state index in [9.17, 15) is 22.7 Å². The summed E-state index contributed by atoms with van der Waals surface area (Å²) in [5.41, 5.74) is -1.23. The molecule has 0 amide bonds. The summed E-state index contributed by atoms with van der Waals surface area (Å²) in [6, 6.07) is 3.95. The van der Waals surface area contributed by atoms with Crippen LogP contribution >= 0.6 is 0 Å². The van der Waals surface area contributed by atoms with Crippen LogP contribution in [0.2, 0.25) is 0 Å². The molecule has 1 rings (SSSR count). The summed E-state index contributed by atoms with van der Waals surface area (Å²) in [6.45, 7) is 0. The van der Waals surface area contributed by atoms with Gasteiger partial charge in [0, 0.05) is 0 Å². The van der Waals surface area contributed by atoms with E-state index >= 15 is 0 Å². The molecule has 5 nitrogen and oxygen atoms in total. The minimum atomic E-state index is -5.09. The van der Waals surface area contributed by atoms with E-state index < -0.39 is 34.7 Å². The molecule has 0 aliphatic carbocycles. The van der Waals surface area contributed by atoms with Crippen molar-refractivity contribution < 1.29 is 22.7 Å². The number of halogens is 4. The highest BCUT2D eigenvalue weighted by Crippen LogP contribution is 2.41. The summed E-state index contributed by atoms with van der Waals surface area (Å²) < 4.78 is 50.4. The van der Waals surface area contributed by atoms with Gasteiger partial charge in [0.15, 0.2) is 5.75 Å². The third kappa shape index (κ3) is 3.10. The van der Waals surface area contributed by atoms with E-state index in [4.69, 9.17) is 10.5 Å². The van der Waals surface area contributed by atoms with Crippen LogP contribution in [0.4, 0.5) is 23.2 Å². The minimum absolute atomic E-state index is 0.471. The van der Waals surface area contributed by atoms with E-state index in [0.717, 1.165) is 6.07 Å². The van der Waals surface area contributed by atoms with Crippen LogP contribution in [0.25, 0.3) is 0 Å². The highest BCUT2D eigenvalue weighted by molar-refractivity contribution is 6.10. The monoisotopic (exact) mass is 272 g/mol. The second kappa shape index (κ2) is 5.23. The minimum Gasteiger partial charge on any atom is -0.505 e. The van der Waals surface area contributed by atoms with Crippen molar-refractivity contribution in [3.63, 3.8) is 0 Å². The fourth-order valence-electron chi connectivity index (χ4n) is 1.12. The molecule has 98 valence electrons. The second-order valence-electron chi connectivity index (χ2n) is 3.11. The zero-order valence-corrected chi connectivity index (χ0v) is 8.96. The summed E-state index contributed by atoms with van der Waals surface area (Å²) in [7, 11) is 0. The van der Waals surface area contributed by atoms with Gasteiger partial charge < -0.3 is 5.11 Å². The number of rotatable bonds is 2. The number of hydrogen-bond donors (Lipinski definition) is 2. The number of nitrogens with one attached hydrogen (secondary N) is 1. The first-order valence-electron chi connectivity index (χ1n) is 4.53. The van der Waals surface area contributed by atoms with Crippen molar-refractivity contribution in [3.8, 4) is 17.9 Å². The largest absolute Gasteiger partial charge is 0.505 e. The first-order chi connectivity index (χ1) is 8.81. The van der Waals surface area contributed by atoms with Crippen molar-refractivity contribution in [2.24, 2.45) is 5.10 Å². The molecule has 0 bridgehead atoms. The average Bonchev–Trinajstić information content (AvgIpc) is 2.31. The number of anilines is 1. The van der Waals surface area contributed by atoms with Crippen LogP contribution in [0.3, 0.4) is 0 Å². The Hall–Kier alpha value is -2.81. The van der Waals surface area contributed by atoms with E-state index in [-0.39, 0.29) is 0 Å². The third-order valence-corrected chi connectivity index (χ3v) is 1.91. The summed E-state index contributed by atoms with van der Waals surface area (Å²) in [6.07, 6.45) is -5.09. The summed E-state index contributed by atoms with van der Waals surface area (Å²) >= 11 is 0. The van der Waals surface area contributed by atoms with Crippen LogP contribution in [-0.4, -0.2) is 10.8 Å². The van der Waals surface area contributed by atoms with Crippen molar-refractivity contribution in [1.82, 2.24) is 0 Å². The van der Waals surface area contributed by atoms with E-state index in [1.165, 1.54) is 12.1 Å². The van der Waals surface area contributed by atoms with Crippen molar-refractivity contribution in [2.75, 3.05) is 5.43 Å². The van der Waals surface area contributed by atoms with Crippen LogP contribution in [-0.2, 0) is 6.18 Å². The molecule has 0 saturated heterocycles. The number of hydrogen-bond acceptors (Lipinski definition) is 5. The van der Waals surface area contributed by atoms with Crippen LogP contribution in [0.5, 0.6) is 5.75 Å². The SMILES string of the molecule is N#CC(C#N)=NNc1ccc(F)c(C(F)(F)F)c1O. The number of hydrazone groups is 1. The maximum Gasteiger partial charge on any atom is 0.422 e. The Kier molecular flexibility index (Phi) is 3.92. The summed E-state index contributed by atoms with van der Waals surface area (Å²) in [4.78, 5) is 0. The molecule has 0 saturated carbocycles. The number of phenols is 1. The number of phenolic OH excluding ortho intramolecular Hbond substituents is 1. The van der Waals surface area contributed by atoms with E-state index in [2.05, 4.69) is 5.10 Å². The molecular formula is C10H4F4N4O. The lowest BCUT2D eigenvalue weighted by molar-refractivity contribution is -0.141. The van der Waals surface area contributed by atoms with Crippen molar-refractivity contribution in [2.45, 2.75) is 6.18 Å². The predicted molar refractivity (Wildman–Crippen MR) is 55.4 cm³/mol. The Morgan fingerprint density at radius 1 is 1.26 bits per heavy atom. The molecule has 1 aromatic carbocycles. The highest BCUT2D eigenvalue weighted by atomic mass is 19.4. The summed E-state index contributed by atoms with van der Waals surface area (Å²) in [5.74, 6) is -3.06. The van der Waals surface area contributed by atoms with Gasteiger partial charge in [-0.05, 0) is 12.1 Å². The predicted octanol–water partition coefficient (Wildman–Crippen LogP) is 2.37. The van der Waals surface area contributed by atoms with Gasteiger partial charge in [-0.1, -0.05) is 0 Å². The van der Waals surface area contributed by atoms with Crippen LogP contribution in [0, 0.1) is 28.5 Å². The molecule has 0 spiro atoms. The molecule has 1 aromatic rings. The van der Waals surface area contributed by atoms with Gasteiger partial charge in [-0.15, -0.1) is 0 Å². The maximum atomic E-state index is 13.0. The zero-order valence-electron chi connectivity index (χ0n) is 8.96. The average molecular weight is 272 g/mol. The van der Waals surface area contributed by atoms with E-state index in [1.54, 1.807) is 0 Å². The lowest BCUT2D eigenvalue weighted by Crippen LogP contribution is -2.09. The second-order valence-corrected chi connectivity index (χ2v) is 3.11. The Morgan fingerprint density at radius 3 is 2.32 bits per heavy atom. The number of nitriles is 2. The van der Waals surface area contributed by atoms with E-state index in [0.29, 0.717) is 6.07 Å². The Balaban J connectivity index is 3.24. The van der Waals surface area contributed by atoms with Gasteiger partial charge in [0.05, 0.1) is 5.69 Å². The normalized spacial score (nSPS) is 10.2. The number of benzene rings is 1. The molecule has 19 heavy (non-hydrogen) atoms. The standard InChI is InChI=1S/C10H4F4N4O/c11-6-1-2-7(18-17-5(3-15)4-16)9(19)8(6)10(12,13)14/h1-2,18-19H. The molecule has 0 atom stereocenters. The van der Waals surface area contributed by atoms with Crippen LogP contribution in [0.15, 0.2) is 17.2 Å². The smallest absolute Gasteiger partial charge is 0.422 e. The van der Waals surface area contributed by atoms with Crippen molar-refractivity contribution >= 4 is 11.4 Å². The topological polar surface area (TPSA) is 92.2 Å². The highest BCUT2D eigenvalue weighted by Gasteiger charge is 2.38. The molecule has 0 fully saturated rings. The Labute approximate surface area is 104 Å². The van der Waals surface area contributed by atoms with Gasteiger partial charge in [0.2, 0.25) is 5.71 Å². The van der Waals surface area contributed by atoms with Crippen molar-refractivity contribution in [3.05, 3.63) is 23.5 Å². The molecule has 0 radical (unpaired) electrons. The fraction of sp³-hybridized carbons (Fsp3) is 0.100. The van der Waals surface area contributed by atoms with Gasteiger partial charge >= 0.3 is 6.18 Å². The molecule has 0 aliphatic rings. The Morgan fingerprint density at radius 2 is 1.84 bits per heavy atom. The van der Waals surface area contributed by atoms with Gasteiger partial charge in [-0.25, -0.2) is 4.39 Å². The van der Waals surface area contributed by atoms with Crippen molar-refractivity contribution in [1.29, 1.82) is 10.5 Å². The van der Waals surface area contributed by atoms with Gasteiger partial charge in [-0.2, -0.15) is 28.8 Å². The number of nitrogens with zero attached hydrogens (tertiary/aromatic N) is 3. The molecule has 0 unspecified atom stereocenters. The fourth-order valence-corrected chi connectivity index (χ4v) is 1.12. The molecule has 0 aromatic heterocycles. The van der Waals surface area contributed by atoms with Gasteiger partial charge in [-0.3, -0.25) is 5.43 Å². The van der Waals surface area contributed by atoms with Gasteiger partial charge in [0.1, 0.15) is 23.5 Å². The molecule has 0 aliphatic heterocycles. The lowest BCUT2D eigenvalue weighted by Gasteiger charge is -2.12. The third-order valence-electron chi connectivity index (χ3n) is 1.91. The van der Waals surface area contributed by atoms with Gasteiger partial charge in [0.25, 0.3) is 0 Å². The maximum absolute atomic E-state index is 13.0. The quantitative estimate of drug-likeness (QED) is 0.374. The molecule has 9 heteroatoms. The van der Waals surface area contributed by atoms with Crippen LogP contribution < -0.4 is 5.43 Å². The zero-order chi connectivity index (χ0) is 14.6. The summed E-state index contributed by atoms with van der Waals surface area (Å²) in [5, 5.41) is 29.2. The molecular weight excluding hydrogens is 268 g/mol. The van der Waals surface area contributed by atoms with E-state index in [1.807, 2.05) is 5.43 Å². The van der Waals surface area contributed by atoms with Crippen LogP contribution in [0.1, 0.15) is 5.56 Å². The number of alkyl halides is 3.